The number of hydrogen-bond acceptors (Lipinski definition) is 2. The molecule has 0 spiro atoms. The molecule has 1 fully saturated rings. The Morgan fingerprint density at radius 1 is 1.27 bits per heavy atom. The molecule has 2 atom stereocenters. The zero-order valence-corrected chi connectivity index (χ0v) is 9.91. The lowest BCUT2D eigenvalue weighted by atomic mass is 10.0. The molecule has 1 saturated heterocycles. The fourth-order valence-electron chi connectivity index (χ4n) is 2.21. The molecule has 3 nitrogen and oxygen atoms in total. The van der Waals surface area contributed by atoms with E-state index in [1.165, 1.54) is 25.9 Å². The molecule has 0 radical (unpaired) electrons. The number of carboxylic acid groups (broad SMARTS) is 1. The summed E-state index contributed by atoms with van der Waals surface area (Å²) in [6, 6.07) is 0.633. The monoisotopic (exact) mass is 213 g/mol. The van der Waals surface area contributed by atoms with E-state index in [-0.39, 0.29) is 5.92 Å². The van der Waals surface area contributed by atoms with Gasteiger partial charge in [0.05, 0.1) is 5.92 Å². The third kappa shape index (κ3) is 4.20. The number of carbonyl (C=O) groups is 1. The second-order valence-corrected chi connectivity index (χ2v) is 4.76. The quantitative estimate of drug-likeness (QED) is 0.736. The zero-order valence-electron chi connectivity index (χ0n) is 9.91. The number of likely N-dealkylation sites (tertiary alicyclic amines) is 1. The molecule has 1 heterocycles. The van der Waals surface area contributed by atoms with Crippen LogP contribution < -0.4 is 0 Å². The molecule has 2 unspecified atom stereocenters. The lowest BCUT2D eigenvalue weighted by Crippen LogP contribution is -2.30. The van der Waals surface area contributed by atoms with E-state index in [1.807, 2.05) is 0 Å². The lowest BCUT2D eigenvalue weighted by molar-refractivity contribution is -0.141. The third-order valence-electron chi connectivity index (χ3n) is 3.44. The topological polar surface area (TPSA) is 40.5 Å². The second kappa shape index (κ2) is 6.11. The summed E-state index contributed by atoms with van der Waals surface area (Å²) in [5.74, 6) is -0.848. The van der Waals surface area contributed by atoms with E-state index >= 15 is 0 Å². The zero-order chi connectivity index (χ0) is 11.3. The van der Waals surface area contributed by atoms with Gasteiger partial charge in [0, 0.05) is 6.04 Å². The van der Waals surface area contributed by atoms with Crippen LogP contribution in [0.25, 0.3) is 0 Å². The minimum Gasteiger partial charge on any atom is -0.481 e. The van der Waals surface area contributed by atoms with Crippen LogP contribution in [-0.4, -0.2) is 35.1 Å². The van der Waals surface area contributed by atoms with Gasteiger partial charge in [0.2, 0.25) is 0 Å². The number of hydrogen-bond donors (Lipinski definition) is 1. The van der Waals surface area contributed by atoms with Gasteiger partial charge in [-0.05, 0) is 45.7 Å². The first-order chi connectivity index (χ1) is 7.11. The maximum absolute atomic E-state index is 10.6. The van der Waals surface area contributed by atoms with Crippen molar-refractivity contribution in [3.8, 4) is 0 Å². The average Bonchev–Trinajstić information content (AvgIpc) is 2.70. The van der Waals surface area contributed by atoms with Gasteiger partial charge in [-0.15, -0.1) is 0 Å². The summed E-state index contributed by atoms with van der Waals surface area (Å²) < 4.78 is 0. The second-order valence-electron chi connectivity index (χ2n) is 4.76. The Kier molecular flexibility index (Phi) is 5.09. The Morgan fingerprint density at radius 2 is 1.87 bits per heavy atom. The summed E-state index contributed by atoms with van der Waals surface area (Å²) in [6.07, 6.45) is 5.64. The SMILES string of the molecule is CC(CCCC(C)N1CCCC1)C(=O)O. The number of nitrogens with zero attached hydrogens (tertiary/aromatic N) is 1. The molecule has 1 aliphatic rings. The van der Waals surface area contributed by atoms with E-state index in [0.29, 0.717) is 6.04 Å². The Hall–Kier alpha value is -0.570. The van der Waals surface area contributed by atoms with Crippen LogP contribution in [-0.2, 0) is 4.79 Å². The first-order valence-corrected chi connectivity index (χ1v) is 6.08. The van der Waals surface area contributed by atoms with Crippen molar-refractivity contribution in [1.29, 1.82) is 0 Å². The molecule has 0 aromatic heterocycles. The molecular weight excluding hydrogens is 190 g/mol. The molecule has 88 valence electrons. The van der Waals surface area contributed by atoms with Crippen LogP contribution in [0.15, 0.2) is 0 Å². The van der Waals surface area contributed by atoms with Gasteiger partial charge in [0.25, 0.3) is 0 Å². The highest BCUT2D eigenvalue weighted by atomic mass is 16.4. The molecule has 1 N–H and O–H groups in total. The highest BCUT2D eigenvalue weighted by Gasteiger charge is 2.18. The molecule has 0 saturated carbocycles. The van der Waals surface area contributed by atoms with E-state index in [1.54, 1.807) is 6.92 Å². The molecule has 0 amide bonds. The summed E-state index contributed by atoms with van der Waals surface area (Å²) in [6.45, 7) is 6.52. The van der Waals surface area contributed by atoms with Crippen LogP contribution in [0.2, 0.25) is 0 Å². The minimum absolute atomic E-state index is 0.184. The van der Waals surface area contributed by atoms with Gasteiger partial charge >= 0.3 is 5.97 Å². The maximum Gasteiger partial charge on any atom is 0.306 e. The minimum atomic E-state index is -0.663. The molecule has 1 rings (SSSR count). The molecule has 3 heteroatoms. The van der Waals surface area contributed by atoms with Crippen molar-refractivity contribution in [2.75, 3.05) is 13.1 Å². The van der Waals surface area contributed by atoms with Gasteiger partial charge in [-0.2, -0.15) is 0 Å². The van der Waals surface area contributed by atoms with Crippen LogP contribution >= 0.6 is 0 Å². The van der Waals surface area contributed by atoms with Crippen LogP contribution in [0, 0.1) is 5.92 Å². The van der Waals surface area contributed by atoms with Crippen molar-refractivity contribution >= 4 is 5.97 Å². The van der Waals surface area contributed by atoms with Crippen molar-refractivity contribution in [3.63, 3.8) is 0 Å². The van der Waals surface area contributed by atoms with E-state index in [0.717, 1.165) is 19.3 Å². The molecule has 0 aromatic carbocycles. The van der Waals surface area contributed by atoms with Crippen molar-refractivity contribution in [1.82, 2.24) is 4.90 Å². The lowest BCUT2D eigenvalue weighted by Gasteiger charge is -2.23. The van der Waals surface area contributed by atoms with Crippen molar-refractivity contribution in [2.45, 2.75) is 52.0 Å². The van der Waals surface area contributed by atoms with Gasteiger partial charge in [0.1, 0.15) is 0 Å². The largest absolute Gasteiger partial charge is 0.481 e. The summed E-state index contributed by atoms with van der Waals surface area (Å²) in [5.41, 5.74) is 0. The normalized spacial score (nSPS) is 21.5. The fraction of sp³-hybridized carbons (Fsp3) is 0.917. The highest BCUT2D eigenvalue weighted by Crippen LogP contribution is 2.17. The number of rotatable bonds is 6. The highest BCUT2D eigenvalue weighted by molar-refractivity contribution is 5.69. The number of aliphatic carboxylic acids is 1. The van der Waals surface area contributed by atoms with E-state index in [2.05, 4.69) is 11.8 Å². The molecule has 0 bridgehead atoms. The smallest absolute Gasteiger partial charge is 0.306 e. The Bertz CT molecular complexity index is 200. The van der Waals surface area contributed by atoms with Crippen LogP contribution in [0.4, 0.5) is 0 Å². The Morgan fingerprint density at radius 3 is 2.40 bits per heavy atom. The predicted molar refractivity (Wildman–Crippen MR) is 60.9 cm³/mol. The molecular formula is C12H23NO2. The van der Waals surface area contributed by atoms with Gasteiger partial charge in [-0.1, -0.05) is 13.3 Å². The first-order valence-electron chi connectivity index (χ1n) is 6.08. The maximum atomic E-state index is 10.6. The van der Waals surface area contributed by atoms with E-state index < -0.39 is 5.97 Å². The summed E-state index contributed by atoms with van der Waals surface area (Å²) in [7, 11) is 0. The van der Waals surface area contributed by atoms with Crippen LogP contribution in [0.1, 0.15) is 46.0 Å². The van der Waals surface area contributed by atoms with Gasteiger partial charge < -0.3 is 10.0 Å². The number of carboxylic acids is 1. The fourth-order valence-corrected chi connectivity index (χ4v) is 2.21. The first kappa shape index (κ1) is 12.5. The Balaban J connectivity index is 2.11. The van der Waals surface area contributed by atoms with Crippen molar-refractivity contribution < 1.29 is 9.90 Å². The predicted octanol–water partition coefficient (Wildman–Crippen LogP) is 2.36. The van der Waals surface area contributed by atoms with E-state index in [9.17, 15) is 4.79 Å². The molecule has 0 aliphatic carbocycles. The van der Waals surface area contributed by atoms with Crippen LogP contribution in [0.5, 0.6) is 0 Å². The van der Waals surface area contributed by atoms with Crippen LogP contribution in [0.3, 0.4) is 0 Å². The summed E-state index contributed by atoms with van der Waals surface area (Å²) >= 11 is 0. The Labute approximate surface area is 92.5 Å². The molecule has 1 aliphatic heterocycles. The van der Waals surface area contributed by atoms with Crippen molar-refractivity contribution in [2.24, 2.45) is 5.92 Å². The van der Waals surface area contributed by atoms with Gasteiger partial charge in [-0.25, -0.2) is 0 Å². The average molecular weight is 213 g/mol. The summed E-state index contributed by atoms with van der Waals surface area (Å²) in [4.78, 5) is 13.1. The summed E-state index contributed by atoms with van der Waals surface area (Å²) in [5, 5.41) is 8.75. The third-order valence-corrected chi connectivity index (χ3v) is 3.44. The molecule has 0 aromatic rings. The standard InChI is InChI=1S/C12H23NO2/c1-10(12(14)15)6-5-7-11(2)13-8-3-4-9-13/h10-11H,3-9H2,1-2H3,(H,14,15). The molecule has 15 heavy (non-hydrogen) atoms. The van der Waals surface area contributed by atoms with Crippen molar-refractivity contribution in [3.05, 3.63) is 0 Å². The van der Waals surface area contributed by atoms with Gasteiger partial charge in [-0.3, -0.25) is 4.79 Å². The van der Waals surface area contributed by atoms with Gasteiger partial charge in [0.15, 0.2) is 0 Å². The van der Waals surface area contributed by atoms with E-state index in [4.69, 9.17) is 5.11 Å².